The monoisotopic (exact) mass is 257 g/mol. The Labute approximate surface area is 112 Å². The Morgan fingerprint density at radius 2 is 2.21 bits per heavy atom. The van der Waals surface area contributed by atoms with E-state index in [4.69, 9.17) is 5.73 Å². The van der Waals surface area contributed by atoms with E-state index in [2.05, 4.69) is 10.3 Å². The number of hydrogen-bond donors (Lipinski definition) is 3. The molecule has 1 amide bonds. The molecule has 0 radical (unpaired) electrons. The van der Waals surface area contributed by atoms with Gasteiger partial charge in [-0.2, -0.15) is 0 Å². The zero-order valence-corrected chi connectivity index (χ0v) is 10.9. The van der Waals surface area contributed by atoms with Gasteiger partial charge in [-0.1, -0.05) is 12.5 Å². The molecule has 0 aliphatic heterocycles. The molecule has 1 aromatic carbocycles. The van der Waals surface area contributed by atoms with Gasteiger partial charge in [0.1, 0.15) is 0 Å². The number of H-pyrrole nitrogens is 1. The van der Waals surface area contributed by atoms with Crippen molar-refractivity contribution in [3.8, 4) is 0 Å². The van der Waals surface area contributed by atoms with Gasteiger partial charge < -0.3 is 16.0 Å². The van der Waals surface area contributed by atoms with Gasteiger partial charge in [-0.3, -0.25) is 4.79 Å². The van der Waals surface area contributed by atoms with Gasteiger partial charge in [0.2, 0.25) is 5.91 Å². The number of carbonyl (C=O) groups excluding carboxylic acids is 1. The molecule has 0 spiro atoms. The van der Waals surface area contributed by atoms with E-state index in [1.807, 2.05) is 30.5 Å². The van der Waals surface area contributed by atoms with Crippen molar-refractivity contribution in [1.82, 2.24) is 4.98 Å². The van der Waals surface area contributed by atoms with E-state index in [1.165, 1.54) is 0 Å². The molecule has 2 aromatic rings. The second-order valence-electron chi connectivity index (χ2n) is 5.36. The average Bonchev–Trinajstić information content (AvgIpc) is 2.88. The molecule has 4 heteroatoms. The molecule has 1 aromatic heterocycles. The van der Waals surface area contributed by atoms with Crippen LogP contribution in [0.15, 0.2) is 30.5 Å². The lowest BCUT2D eigenvalue weighted by Crippen LogP contribution is -2.34. The number of aromatic amines is 1. The fourth-order valence-electron chi connectivity index (χ4n) is 2.89. The van der Waals surface area contributed by atoms with E-state index in [9.17, 15) is 4.79 Å². The molecule has 0 bridgehead atoms. The number of anilines is 1. The summed E-state index contributed by atoms with van der Waals surface area (Å²) in [7, 11) is 0. The third kappa shape index (κ3) is 2.49. The molecular formula is C15H19N3O. The maximum Gasteiger partial charge on any atom is 0.227 e. The van der Waals surface area contributed by atoms with E-state index >= 15 is 0 Å². The Balaban J connectivity index is 1.77. The number of carbonyl (C=O) groups is 1. The third-order valence-corrected chi connectivity index (χ3v) is 3.94. The molecular weight excluding hydrogens is 238 g/mol. The molecule has 1 aliphatic rings. The van der Waals surface area contributed by atoms with Crippen LogP contribution in [-0.2, 0) is 4.79 Å². The minimum absolute atomic E-state index is 0.0537. The van der Waals surface area contributed by atoms with Crippen LogP contribution < -0.4 is 11.1 Å². The van der Waals surface area contributed by atoms with Crippen molar-refractivity contribution in [3.63, 3.8) is 0 Å². The van der Waals surface area contributed by atoms with Crippen molar-refractivity contribution in [3.05, 3.63) is 30.5 Å². The van der Waals surface area contributed by atoms with Gasteiger partial charge in [-0.05, 0) is 37.5 Å². The Morgan fingerprint density at radius 3 is 3.05 bits per heavy atom. The van der Waals surface area contributed by atoms with E-state index in [1.54, 1.807) is 0 Å². The Morgan fingerprint density at radius 1 is 1.32 bits per heavy atom. The van der Waals surface area contributed by atoms with Crippen molar-refractivity contribution in [2.75, 3.05) is 5.32 Å². The predicted octanol–water partition coefficient (Wildman–Crippen LogP) is 2.62. The van der Waals surface area contributed by atoms with E-state index < -0.39 is 0 Å². The van der Waals surface area contributed by atoms with Crippen molar-refractivity contribution in [2.45, 2.75) is 31.7 Å². The molecule has 4 N–H and O–H groups in total. The van der Waals surface area contributed by atoms with Crippen LogP contribution in [0.5, 0.6) is 0 Å². The number of benzene rings is 1. The number of nitrogens with two attached hydrogens (primary N) is 1. The molecule has 4 nitrogen and oxygen atoms in total. The Kier molecular flexibility index (Phi) is 3.25. The first-order chi connectivity index (χ1) is 9.24. The number of aromatic nitrogens is 1. The largest absolute Gasteiger partial charge is 0.361 e. The first-order valence-corrected chi connectivity index (χ1v) is 6.86. The van der Waals surface area contributed by atoms with Gasteiger partial charge in [0.15, 0.2) is 0 Å². The Bertz CT molecular complexity index is 590. The molecule has 1 heterocycles. The van der Waals surface area contributed by atoms with E-state index in [0.29, 0.717) is 0 Å². The van der Waals surface area contributed by atoms with Crippen LogP contribution in [-0.4, -0.2) is 16.9 Å². The van der Waals surface area contributed by atoms with Gasteiger partial charge in [-0.15, -0.1) is 0 Å². The van der Waals surface area contributed by atoms with Crippen LogP contribution in [0.2, 0.25) is 0 Å². The topological polar surface area (TPSA) is 70.9 Å². The van der Waals surface area contributed by atoms with Crippen molar-refractivity contribution < 1.29 is 4.79 Å². The van der Waals surface area contributed by atoms with Crippen LogP contribution in [0, 0.1) is 5.92 Å². The Hall–Kier alpha value is -1.81. The molecule has 100 valence electrons. The minimum Gasteiger partial charge on any atom is -0.361 e. The highest BCUT2D eigenvalue weighted by atomic mass is 16.1. The highest BCUT2D eigenvalue weighted by Crippen LogP contribution is 2.27. The van der Waals surface area contributed by atoms with Gasteiger partial charge in [-0.25, -0.2) is 0 Å². The zero-order chi connectivity index (χ0) is 13.2. The first-order valence-electron chi connectivity index (χ1n) is 6.86. The first kappa shape index (κ1) is 12.2. The summed E-state index contributed by atoms with van der Waals surface area (Å²) < 4.78 is 0. The summed E-state index contributed by atoms with van der Waals surface area (Å²) in [5.74, 6) is 0.154. The number of fused-ring (bicyclic) bond motifs is 1. The van der Waals surface area contributed by atoms with Gasteiger partial charge in [0.05, 0.1) is 5.69 Å². The number of nitrogens with one attached hydrogen (secondary N) is 2. The van der Waals surface area contributed by atoms with Gasteiger partial charge in [0.25, 0.3) is 0 Å². The molecule has 19 heavy (non-hydrogen) atoms. The maximum atomic E-state index is 12.3. The normalized spacial score (nSPS) is 23.4. The molecule has 2 atom stereocenters. The van der Waals surface area contributed by atoms with Crippen LogP contribution in [0.1, 0.15) is 25.7 Å². The van der Waals surface area contributed by atoms with Gasteiger partial charge in [0, 0.05) is 29.1 Å². The second-order valence-corrected chi connectivity index (χ2v) is 5.36. The molecule has 1 aliphatic carbocycles. The predicted molar refractivity (Wildman–Crippen MR) is 76.9 cm³/mol. The summed E-state index contributed by atoms with van der Waals surface area (Å²) in [6.45, 7) is 0. The second kappa shape index (κ2) is 5.05. The molecule has 2 unspecified atom stereocenters. The van der Waals surface area contributed by atoms with E-state index in [-0.39, 0.29) is 17.9 Å². The summed E-state index contributed by atoms with van der Waals surface area (Å²) in [6.07, 6.45) is 5.72. The maximum absolute atomic E-state index is 12.3. The summed E-state index contributed by atoms with van der Waals surface area (Å²) in [5, 5.41) is 4.10. The highest BCUT2D eigenvalue weighted by Gasteiger charge is 2.25. The molecule has 1 fully saturated rings. The van der Waals surface area contributed by atoms with Gasteiger partial charge >= 0.3 is 0 Å². The van der Waals surface area contributed by atoms with Crippen LogP contribution in [0.4, 0.5) is 5.69 Å². The lowest BCUT2D eigenvalue weighted by Gasteiger charge is -2.25. The fourth-order valence-corrected chi connectivity index (χ4v) is 2.89. The van der Waals surface area contributed by atoms with E-state index in [0.717, 1.165) is 42.3 Å². The average molecular weight is 257 g/mol. The SMILES string of the molecule is NC1CCCC(C(=O)Nc2cccc3[nH]ccc23)C1. The van der Waals surface area contributed by atoms with Crippen LogP contribution in [0.25, 0.3) is 10.9 Å². The van der Waals surface area contributed by atoms with Crippen LogP contribution in [0.3, 0.4) is 0 Å². The smallest absolute Gasteiger partial charge is 0.227 e. The van der Waals surface area contributed by atoms with Crippen molar-refractivity contribution in [2.24, 2.45) is 11.7 Å². The molecule has 1 saturated carbocycles. The standard InChI is InChI=1S/C15H19N3O/c16-11-4-1-3-10(9-11)15(19)18-14-6-2-5-13-12(14)7-8-17-13/h2,5-8,10-11,17H,1,3-4,9,16H2,(H,18,19). The molecule has 3 rings (SSSR count). The lowest BCUT2D eigenvalue weighted by molar-refractivity contribution is -0.120. The number of amides is 1. The summed E-state index contributed by atoms with van der Waals surface area (Å²) in [6, 6.07) is 8.05. The number of hydrogen-bond acceptors (Lipinski definition) is 2. The van der Waals surface area contributed by atoms with Crippen molar-refractivity contribution in [1.29, 1.82) is 0 Å². The third-order valence-electron chi connectivity index (χ3n) is 3.94. The summed E-state index contributed by atoms with van der Waals surface area (Å²) in [5.41, 5.74) is 7.86. The molecule has 0 saturated heterocycles. The van der Waals surface area contributed by atoms with Crippen molar-refractivity contribution >= 4 is 22.5 Å². The number of rotatable bonds is 2. The van der Waals surface area contributed by atoms with Crippen LogP contribution >= 0.6 is 0 Å². The fraction of sp³-hybridized carbons (Fsp3) is 0.400. The zero-order valence-electron chi connectivity index (χ0n) is 10.9. The quantitative estimate of drug-likeness (QED) is 0.774. The lowest BCUT2D eigenvalue weighted by atomic mass is 9.85. The summed E-state index contributed by atoms with van der Waals surface area (Å²) in [4.78, 5) is 15.5. The minimum atomic E-state index is 0.0537. The highest BCUT2D eigenvalue weighted by molar-refractivity contribution is 6.02. The summed E-state index contributed by atoms with van der Waals surface area (Å²) >= 11 is 0.